The van der Waals surface area contributed by atoms with E-state index in [0.717, 1.165) is 38.9 Å². The summed E-state index contributed by atoms with van der Waals surface area (Å²) in [4.78, 5) is 2.52. The number of aliphatic hydroxyl groups excluding tert-OH is 1. The van der Waals surface area contributed by atoms with Gasteiger partial charge < -0.3 is 21.1 Å². The minimum absolute atomic E-state index is 0.124. The van der Waals surface area contributed by atoms with Crippen LogP contribution in [0.5, 0.6) is 0 Å². The van der Waals surface area contributed by atoms with Crippen molar-refractivity contribution in [3.8, 4) is 0 Å². The van der Waals surface area contributed by atoms with Crippen LogP contribution >= 0.6 is 0 Å². The predicted octanol–water partition coefficient (Wildman–Crippen LogP) is 0.162. The van der Waals surface area contributed by atoms with Gasteiger partial charge in [0, 0.05) is 18.7 Å². The largest absolute Gasteiger partial charge is 0.396 e. The van der Waals surface area contributed by atoms with Crippen LogP contribution in [-0.4, -0.2) is 54.9 Å². The molecule has 4 heteroatoms. The van der Waals surface area contributed by atoms with Crippen LogP contribution < -0.4 is 11.1 Å². The van der Waals surface area contributed by atoms with Gasteiger partial charge in [-0.25, -0.2) is 0 Å². The number of nitrogens with one attached hydrogen (secondary N) is 1. The zero-order valence-electron chi connectivity index (χ0n) is 10.5. The van der Waals surface area contributed by atoms with E-state index in [-0.39, 0.29) is 12.1 Å². The van der Waals surface area contributed by atoms with Crippen LogP contribution in [-0.2, 0) is 0 Å². The molecule has 4 N–H and O–H groups in total. The third kappa shape index (κ3) is 4.01. The highest BCUT2D eigenvalue weighted by molar-refractivity contribution is 4.94. The molecule has 16 heavy (non-hydrogen) atoms. The van der Waals surface area contributed by atoms with Gasteiger partial charge in [0.1, 0.15) is 0 Å². The van der Waals surface area contributed by atoms with Gasteiger partial charge in [-0.05, 0) is 51.9 Å². The molecule has 0 aromatic heterocycles. The number of rotatable bonds is 7. The fourth-order valence-electron chi connectivity index (χ4n) is 2.41. The summed E-state index contributed by atoms with van der Waals surface area (Å²) < 4.78 is 0. The van der Waals surface area contributed by atoms with Crippen molar-refractivity contribution in [3.05, 3.63) is 0 Å². The maximum atomic E-state index is 8.78. The quantitative estimate of drug-likeness (QED) is 0.544. The third-order valence-electron chi connectivity index (χ3n) is 3.58. The number of hydrogen-bond acceptors (Lipinski definition) is 4. The van der Waals surface area contributed by atoms with Crippen molar-refractivity contribution in [2.24, 2.45) is 5.73 Å². The molecule has 1 rings (SSSR count). The van der Waals surface area contributed by atoms with E-state index in [1.807, 2.05) is 0 Å². The summed E-state index contributed by atoms with van der Waals surface area (Å²) in [6.07, 6.45) is 4.32. The second-order valence-corrected chi connectivity index (χ2v) is 4.83. The molecule has 1 aliphatic rings. The Balaban J connectivity index is 2.32. The molecule has 0 bridgehead atoms. The van der Waals surface area contributed by atoms with E-state index in [4.69, 9.17) is 10.8 Å². The van der Waals surface area contributed by atoms with E-state index in [1.165, 1.54) is 13.0 Å². The van der Waals surface area contributed by atoms with Crippen LogP contribution in [0.3, 0.4) is 0 Å². The summed E-state index contributed by atoms with van der Waals surface area (Å²) in [6.45, 7) is 7.57. The topological polar surface area (TPSA) is 61.5 Å². The first-order valence-corrected chi connectivity index (χ1v) is 6.54. The van der Waals surface area contributed by atoms with Crippen molar-refractivity contribution >= 4 is 0 Å². The van der Waals surface area contributed by atoms with Crippen molar-refractivity contribution in [2.75, 3.05) is 39.3 Å². The Labute approximate surface area is 99.2 Å². The van der Waals surface area contributed by atoms with Gasteiger partial charge >= 0.3 is 0 Å². The number of likely N-dealkylation sites (tertiary alicyclic amines) is 1. The normalized spacial score (nSPS) is 21.2. The summed E-state index contributed by atoms with van der Waals surface area (Å²) in [6, 6.07) is 0. The Bertz CT molecular complexity index is 179. The van der Waals surface area contributed by atoms with Crippen LogP contribution in [0, 0.1) is 0 Å². The molecular formula is C12H27N3O. The van der Waals surface area contributed by atoms with Crippen LogP contribution in [0.1, 0.15) is 32.6 Å². The zero-order valence-corrected chi connectivity index (χ0v) is 10.5. The predicted molar refractivity (Wildman–Crippen MR) is 67.5 cm³/mol. The van der Waals surface area contributed by atoms with Crippen molar-refractivity contribution < 1.29 is 5.11 Å². The molecule has 0 aromatic carbocycles. The molecule has 1 saturated heterocycles. The minimum atomic E-state index is 0.124. The summed E-state index contributed by atoms with van der Waals surface area (Å²) in [5, 5.41) is 12.3. The molecule has 0 radical (unpaired) electrons. The first kappa shape index (κ1) is 13.9. The average Bonchev–Trinajstić information content (AvgIpc) is 2.32. The van der Waals surface area contributed by atoms with Gasteiger partial charge in [-0.1, -0.05) is 6.92 Å². The lowest BCUT2D eigenvalue weighted by Gasteiger charge is -2.42. The van der Waals surface area contributed by atoms with Crippen molar-refractivity contribution in [1.82, 2.24) is 10.2 Å². The molecule has 0 atom stereocenters. The van der Waals surface area contributed by atoms with Crippen molar-refractivity contribution in [1.29, 1.82) is 0 Å². The molecular weight excluding hydrogens is 202 g/mol. The maximum Gasteiger partial charge on any atom is 0.0443 e. The van der Waals surface area contributed by atoms with Gasteiger partial charge in [0.05, 0.1) is 0 Å². The average molecular weight is 229 g/mol. The highest BCUT2D eigenvalue weighted by atomic mass is 16.3. The molecule has 96 valence electrons. The SMILES string of the molecule is CCCN1CCC(CN)(NCCCO)CC1. The van der Waals surface area contributed by atoms with Gasteiger partial charge in [0.2, 0.25) is 0 Å². The fourth-order valence-corrected chi connectivity index (χ4v) is 2.41. The summed E-state index contributed by atoms with van der Waals surface area (Å²) >= 11 is 0. The summed E-state index contributed by atoms with van der Waals surface area (Å²) in [5.41, 5.74) is 6.02. The second kappa shape index (κ2) is 7.22. The molecule has 4 nitrogen and oxygen atoms in total. The van der Waals surface area contributed by atoms with Crippen molar-refractivity contribution in [2.45, 2.75) is 38.1 Å². The highest BCUT2D eigenvalue weighted by Gasteiger charge is 2.32. The Morgan fingerprint density at radius 3 is 2.56 bits per heavy atom. The number of aliphatic hydroxyl groups is 1. The Morgan fingerprint density at radius 1 is 1.38 bits per heavy atom. The molecule has 0 aromatic rings. The maximum absolute atomic E-state index is 8.78. The molecule has 0 amide bonds. The lowest BCUT2D eigenvalue weighted by molar-refractivity contribution is 0.137. The van der Waals surface area contributed by atoms with E-state index in [2.05, 4.69) is 17.1 Å². The van der Waals surface area contributed by atoms with Crippen LogP contribution in [0.25, 0.3) is 0 Å². The van der Waals surface area contributed by atoms with Gasteiger partial charge in [-0.15, -0.1) is 0 Å². The van der Waals surface area contributed by atoms with E-state index in [0.29, 0.717) is 6.54 Å². The van der Waals surface area contributed by atoms with E-state index in [1.54, 1.807) is 0 Å². The second-order valence-electron chi connectivity index (χ2n) is 4.83. The molecule has 0 saturated carbocycles. The van der Waals surface area contributed by atoms with Gasteiger partial charge in [-0.2, -0.15) is 0 Å². The van der Waals surface area contributed by atoms with Gasteiger partial charge in [-0.3, -0.25) is 0 Å². The third-order valence-corrected chi connectivity index (χ3v) is 3.58. The van der Waals surface area contributed by atoms with Crippen LogP contribution in [0.4, 0.5) is 0 Å². The molecule has 0 aliphatic carbocycles. The number of nitrogens with zero attached hydrogens (tertiary/aromatic N) is 1. The van der Waals surface area contributed by atoms with Crippen LogP contribution in [0.2, 0.25) is 0 Å². The number of nitrogens with two attached hydrogens (primary N) is 1. The first-order chi connectivity index (χ1) is 7.76. The monoisotopic (exact) mass is 229 g/mol. The highest BCUT2D eigenvalue weighted by Crippen LogP contribution is 2.21. The zero-order chi connectivity index (χ0) is 11.9. The fraction of sp³-hybridized carbons (Fsp3) is 1.00. The number of piperidine rings is 1. The lowest BCUT2D eigenvalue weighted by Crippen LogP contribution is -2.57. The smallest absolute Gasteiger partial charge is 0.0443 e. The lowest BCUT2D eigenvalue weighted by atomic mass is 9.87. The first-order valence-electron chi connectivity index (χ1n) is 6.54. The minimum Gasteiger partial charge on any atom is -0.396 e. The Hall–Kier alpha value is -0.160. The van der Waals surface area contributed by atoms with E-state index < -0.39 is 0 Å². The number of hydrogen-bond donors (Lipinski definition) is 3. The molecule has 1 fully saturated rings. The summed E-state index contributed by atoms with van der Waals surface area (Å²) in [5.74, 6) is 0. The van der Waals surface area contributed by atoms with Crippen molar-refractivity contribution in [3.63, 3.8) is 0 Å². The van der Waals surface area contributed by atoms with Crippen LogP contribution in [0.15, 0.2) is 0 Å². The Kier molecular flexibility index (Phi) is 6.28. The Morgan fingerprint density at radius 2 is 2.06 bits per heavy atom. The van der Waals surface area contributed by atoms with Gasteiger partial charge in [0.25, 0.3) is 0 Å². The summed E-state index contributed by atoms with van der Waals surface area (Å²) in [7, 11) is 0. The van der Waals surface area contributed by atoms with Gasteiger partial charge in [0.15, 0.2) is 0 Å². The van der Waals surface area contributed by atoms with E-state index >= 15 is 0 Å². The molecule has 0 unspecified atom stereocenters. The van der Waals surface area contributed by atoms with E-state index in [9.17, 15) is 0 Å². The molecule has 1 aliphatic heterocycles. The molecule has 0 spiro atoms. The standard InChI is InChI=1S/C12H27N3O/c1-2-7-15-8-4-12(11-13,5-9-15)14-6-3-10-16/h14,16H,2-11,13H2,1H3. The molecule has 1 heterocycles.